The maximum Gasteiger partial charge on any atom is 0.147 e. The topological polar surface area (TPSA) is 68.2 Å². The first kappa shape index (κ1) is 18.4. The van der Waals surface area contributed by atoms with E-state index in [1.807, 2.05) is 30.3 Å². The summed E-state index contributed by atoms with van der Waals surface area (Å²) in [5, 5.41) is 20.6. The van der Waals surface area contributed by atoms with E-state index in [0.29, 0.717) is 6.42 Å². The summed E-state index contributed by atoms with van der Waals surface area (Å²) in [4.78, 5) is 0. The second-order valence-corrected chi connectivity index (χ2v) is 7.01. The number of aliphatic hydroxyl groups is 2. The largest absolute Gasteiger partial charge is 0.496 e. The molecule has 2 aliphatic carbocycles. The molecule has 25 heavy (non-hydrogen) atoms. The lowest BCUT2D eigenvalue weighted by Crippen LogP contribution is -2.45. The van der Waals surface area contributed by atoms with Crippen molar-refractivity contribution in [3.05, 3.63) is 41.5 Å². The van der Waals surface area contributed by atoms with Crippen LogP contribution in [0.5, 0.6) is 5.75 Å². The number of hydrogen-bond donors (Lipinski definition) is 2. The molecule has 5 heteroatoms. The van der Waals surface area contributed by atoms with Gasteiger partial charge in [-0.2, -0.15) is 0 Å². The van der Waals surface area contributed by atoms with Gasteiger partial charge in [0.1, 0.15) is 12.5 Å². The predicted octanol–water partition coefficient (Wildman–Crippen LogP) is 2.97. The zero-order chi connectivity index (χ0) is 17.9. The van der Waals surface area contributed by atoms with Crippen LogP contribution in [-0.4, -0.2) is 43.4 Å². The van der Waals surface area contributed by atoms with Crippen molar-refractivity contribution < 1.29 is 24.4 Å². The quantitative estimate of drug-likeness (QED) is 0.611. The monoisotopic (exact) mass is 348 g/mol. The molecular formula is C20H28O5. The Kier molecular flexibility index (Phi) is 5.79. The van der Waals surface area contributed by atoms with Crippen LogP contribution in [-0.2, 0) is 9.47 Å². The van der Waals surface area contributed by atoms with Crippen LogP contribution >= 0.6 is 0 Å². The number of rotatable bonds is 6. The van der Waals surface area contributed by atoms with Crippen LogP contribution in [0, 0.1) is 5.41 Å². The summed E-state index contributed by atoms with van der Waals surface area (Å²) >= 11 is 0. The number of methoxy groups -OCH3 is 2. The van der Waals surface area contributed by atoms with Crippen LogP contribution in [0.25, 0.3) is 0 Å². The number of aliphatic hydroxyl groups excluding tert-OH is 2. The van der Waals surface area contributed by atoms with Crippen LogP contribution in [0.3, 0.4) is 0 Å². The van der Waals surface area contributed by atoms with Gasteiger partial charge >= 0.3 is 0 Å². The van der Waals surface area contributed by atoms with Crippen LogP contribution in [0.2, 0.25) is 0 Å². The lowest BCUT2D eigenvalue weighted by Gasteiger charge is -2.49. The lowest BCUT2D eigenvalue weighted by molar-refractivity contribution is -0.135. The van der Waals surface area contributed by atoms with Crippen LogP contribution in [0.4, 0.5) is 0 Å². The van der Waals surface area contributed by atoms with Crippen LogP contribution < -0.4 is 4.74 Å². The highest BCUT2D eigenvalue weighted by molar-refractivity contribution is 5.40. The number of fused-ring (bicyclic) bond motifs is 1. The van der Waals surface area contributed by atoms with Gasteiger partial charge in [0.05, 0.1) is 25.4 Å². The second kappa shape index (κ2) is 7.87. The fourth-order valence-electron chi connectivity index (χ4n) is 4.43. The standard InChI is InChI=1S/C20H28O5/c1-23-13-25-19(15-8-3-4-9-18(15)24-2)20-10-6-5-7-14(20)11-16(21)17(22)12-20/h3-4,8-9,11,16-17,19,21-22H,5-7,10,12-13H2,1-2H3. The van der Waals surface area contributed by atoms with Gasteiger partial charge in [0.2, 0.25) is 0 Å². The van der Waals surface area contributed by atoms with E-state index in [2.05, 4.69) is 0 Å². The Morgan fingerprint density at radius 3 is 2.76 bits per heavy atom. The molecule has 3 rings (SSSR count). The number of para-hydroxylation sites is 1. The lowest BCUT2D eigenvalue weighted by atomic mass is 9.59. The van der Waals surface area contributed by atoms with Crippen molar-refractivity contribution in [3.63, 3.8) is 0 Å². The molecule has 0 heterocycles. The van der Waals surface area contributed by atoms with E-state index in [9.17, 15) is 10.2 Å². The summed E-state index contributed by atoms with van der Waals surface area (Å²) < 4.78 is 16.9. The molecule has 0 spiro atoms. The third-order valence-corrected chi connectivity index (χ3v) is 5.57. The maximum absolute atomic E-state index is 10.4. The van der Waals surface area contributed by atoms with Gasteiger partial charge in [0.15, 0.2) is 0 Å². The first-order valence-electron chi connectivity index (χ1n) is 8.93. The second-order valence-electron chi connectivity index (χ2n) is 7.01. The van der Waals surface area contributed by atoms with E-state index >= 15 is 0 Å². The average molecular weight is 348 g/mol. The normalized spacial score (nSPS) is 30.3. The Morgan fingerprint density at radius 1 is 1.20 bits per heavy atom. The highest BCUT2D eigenvalue weighted by Gasteiger charge is 2.50. The molecule has 138 valence electrons. The average Bonchev–Trinajstić information content (AvgIpc) is 2.63. The van der Waals surface area contributed by atoms with E-state index in [0.717, 1.165) is 37.0 Å². The van der Waals surface area contributed by atoms with Gasteiger partial charge in [-0.15, -0.1) is 0 Å². The molecule has 2 N–H and O–H groups in total. The SMILES string of the molecule is COCOC(c1ccccc1OC)C12CCCCC1=CC(O)C(O)C2. The van der Waals surface area contributed by atoms with Crippen molar-refractivity contribution in [1.29, 1.82) is 0 Å². The minimum Gasteiger partial charge on any atom is -0.496 e. The zero-order valence-electron chi connectivity index (χ0n) is 15.0. The fraction of sp³-hybridized carbons (Fsp3) is 0.600. The van der Waals surface area contributed by atoms with Gasteiger partial charge in [-0.3, -0.25) is 0 Å². The zero-order valence-corrected chi connectivity index (χ0v) is 15.0. The number of ether oxygens (including phenoxy) is 3. The molecule has 4 atom stereocenters. The Balaban J connectivity index is 2.08. The molecule has 0 aliphatic heterocycles. The molecule has 0 amide bonds. The Labute approximate surface area is 149 Å². The molecule has 1 aromatic carbocycles. The van der Waals surface area contributed by atoms with Gasteiger partial charge < -0.3 is 24.4 Å². The highest BCUT2D eigenvalue weighted by Crippen LogP contribution is 2.57. The molecule has 1 aromatic rings. The molecule has 2 aliphatic rings. The van der Waals surface area contributed by atoms with Gasteiger partial charge in [-0.1, -0.05) is 36.3 Å². The molecule has 0 aromatic heterocycles. The summed E-state index contributed by atoms with van der Waals surface area (Å²) in [5.41, 5.74) is 1.80. The fourth-order valence-corrected chi connectivity index (χ4v) is 4.43. The van der Waals surface area contributed by atoms with Crippen molar-refractivity contribution in [3.8, 4) is 5.75 Å². The predicted molar refractivity (Wildman–Crippen MR) is 94.3 cm³/mol. The van der Waals surface area contributed by atoms with Crippen LogP contribution in [0.1, 0.15) is 43.8 Å². The summed E-state index contributed by atoms with van der Waals surface area (Å²) in [7, 11) is 3.26. The van der Waals surface area contributed by atoms with Gasteiger partial charge in [-0.25, -0.2) is 0 Å². The molecule has 0 bridgehead atoms. The number of hydrogen-bond acceptors (Lipinski definition) is 5. The Bertz CT molecular complexity index is 614. The van der Waals surface area contributed by atoms with Crippen molar-refractivity contribution in [2.75, 3.05) is 21.0 Å². The minimum atomic E-state index is -0.804. The minimum absolute atomic E-state index is 0.163. The van der Waals surface area contributed by atoms with E-state index in [1.54, 1.807) is 14.2 Å². The highest BCUT2D eigenvalue weighted by atomic mass is 16.7. The van der Waals surface area contributed by atoms with Crippen molar-refractivity contribution in [1.82, 2.24) is 0 Å². The third-order valence-electron chi connectivity index (χ3n) is 5.57. The van der Waals surface area contributed by atoms with Gasteiger partial charge in [0, 0.05) is 18.1 Å². The first-order chi connectivity index (χ1) is 12.1. The molecule has 0 radical (unpaired) electrons. The van der Waals surface area contributed by atoms with E-state index in [1.165, 1.54) is 5.57 Å². The van der Waals surface area contributed by atoms with E-state index in [-0.39, 0.29) is 18.3 Å². The van der Waals surface area contributed by atoms with Crippen molar-refractivity contribution >= 4 is 0 Å². The van der Waals surface area contributed by atoms with Crippen molar-refractivity contribution in [2.45, 2.75) is 50.4 Å². The molecule has 0 saturated heterocycles. The van der Waals surface area contributed by atoms with E-state index < -0.39 is 12.2 Å². The summed E-state index contributed by atoms with van der Waals surface area (Å²) in [5.74, 6) is 0.767. The summed E-state index contributed by atoms with van der Waals surface area (Å²) in [6.45, 7) is 0.163. The number of benzene rings is 1. The molecule has 1 fully saturated rings. The molecule has 1 saturated carbocycles. The molecule has 4 unspecified atom stereocenters. The van der Waals surface area contributed by atoms with E-state index in [4.69, 9.17) is 14.2 Å². The Morgan fingerprint density at radius 2 is 2.00 bits per heavy atom. The maximum atomic E-state index is 10.4. The Hall–Kier alpha value is -1.40. The van der Waals surface area contributed by atoms with Gasteiger partial charge in [0.25, 0.3) is 0 Å². The van der Waals surface area contributed by atoms with Crippen molar-refractivity contribution in [2.24, 2.45) is 5.41 Å². The van der Waals surface area contributed by atoms with Gasteiger partial charge in [-0.05, 0) is 31.7 Å². The summed E-state index contributed by atoms with van der Waals surface area (Å²) in [6, 6.07) is 7.84. The van der Waals surface area contributed by atoms with Crippen LogP contribution in [0.15, 0.2) is 35.9 Å². The molecule has 5 nitrogen and oxygen atoms in total. The first-order valence-corrected chi connectivity index (χ1v) is 8.93. The smallest absolute Gasteiger partial charge is 0.147 e. The summed E-state index contributed by atoms with van der Waals surface area (Å²) in [6.07, 6.45) is 4.44. The third kappa shape index (κ3) is 3.47. The molecular weight excluding hydrogens is 320 g/mol.